The Morgan fingerprint density at radius 3 is 2.83 bits per heavy atom. The Bertz CT molecular complexity index is 263. The minimum atomic E-state index is 0.177. The monoisotopic (exact) mass is 183 g/mol. The summed E-state index contributed by atoms with van der Waals surface area (Å²) >= 11 is 1.73. The largest absolute Gasteiger partial charge is 0.506 e. The number of hydrogen-bond acceptors (Lipinski definition) is 3. The van der Waals surface area contributed by atoms with E-state index >= 15 is 0 Å². The maximum Gasteiger partial charge on any atom is 0.139 e. The highest BCUT2D eigenvalue weighted by Crippen LogP contribution is 2.27. The first-order chi connectivity index (χ1) is 5.74. The molecule has 0 bridgehead atoms. The lowest BCUT2D eigenvalue weighted by Gasteiger charge is -2.02. The van der Waals surface area contributed by atoms with Gasteiger partial charge in [-0.2, -0.15) is 0 Å². The molecule has 0 aliphatic rings. The molecule has 1 rings (SSSR count). The van der Waals surface area contributed by atoms with Gasteiger partial charge in [0.05, 0.1) is 5.69 Å². The molecule has 0 heterocycles. The second-order valence-corrected chi connectivity index (χ2v) is 3.74. The number of benzene rings is 1. The summed E-state index contributed by atoms with van der Waals surface area (Å²) in [6.07, 6.45) is 1.13. The Hall–Kier alpha value is -0.830. The Balaban J connectivity index is 2.69. The van der Waals surface area contributed by atoms with Gasteiger partial charge in [0.15, 0.2) is 0 Å². The van der Waals surface area contributed by atoms with Gasteiger partial charge in [0.1, 0.15) is 5.75 Å². The van der Waals surface area contributed by atoms with Gasteiger partial charge in [0, 0.05) is 4.90 Å². The van der Waals surface area contributed by atoms with Crippen molar-refractivity contribution in [1.29, 1.82) is 0 Å². The highest BCUT2D eigenvalue weighted by molar-refractivity contribution is 7.99. The summed E-state index contributed by atoms with van der Waals surface area (Å²) in [5, 5.41) is 9.26. The van der Waals surface area contributed by atoms with Crippen LogP contribution in [-0.4, -0.2) is 10.9 Å². The van der Waals surface area contributed by atoms with Gasteiger partial charge in [-0.3, -0.25) is 0 Å². The van der Waals surface area contributed by atoms with Crippen molar-refractivity contribution in [3.63, 3.8) is 0 Å². The molecule has 0 amide bonds. The van der Waals surface area contributed by atoms with E-state index in [1.807, 2.05) is 6.07 Å². The van der Waals surface area contributed by atoms with Gasteiger partial charge in [0.2, 0.25) is 0 Å². The summed E-state index contributed by atoms with van der Waals surface area (Å²) in [5.41, 5.74) is 5.90. The van der Waals surface area contributed by atoms with Gasteiger partial charge in [-0.05, 0) is 30.4 Å². The average Bonchev–Trinajstić information content (AvgIpc) is 2.07. The molecule has 0 saturated carbocycles. The summed E-state index contributed by atoms with van der Waals surface area (Å²) in [4.78, 5) is 1.07. The first kappa shape index (κ1) is 9.26. The summed E-state index contributed by atoms with van der Waals surface area (Å²) in [5.74, 6) is 1.25. The van der Waals surface area contributed by atoms with Crippen LogP contribution in [0.15, 0.2) is 23.1 Å². The number of phenols is 1. The van der Waals surface area contributed by atoms with E-state index in [0.29, 0.717) is 5.69 Å². The van der Waals surface area contributed by atoms with E-state index in [1.54, 1.807) is 23.9 Å². The molecule has 66 valence electrons. The van der Waals surface area contributed by atoms with Crippen LogP contribution in [0, 0.1) is 0 Å². The molecule has 0 fully saturated rings. The number of aromatic hydroxyl groups is 1. The molecule has 3 heteroatoms. The number of thioether (sulfide) groups is 1. The molecule has 1 aromatic carbocycles. The predicted octanol–water partition coefficient (Wildman–Crippen LogP) is 2.48. The second-order valence-electron chi connectivity index (χ2n) is 2.57. The zero-order valence-corrected chi connectivity index (χ0v) is 7.90. The van der Waals surface area contributed by atoms with Crippen LogP contribution >= 0.6 is 11.8 Å². The van der Waals surface area contributed by atoms with E-state index in [2.05, 4.69) is 6.92 Å². The molecular weight excluding hydrogens is 170 g/mol. The zero-order chi connectivity index (χ0) is 8.97. The van der Waals surface area contributed by atoms with Gasteiger partial charge in [-0.25, -0.2) is 0 Å². The first-order valence-electron chi connectivity index (χ1n) is 3.95. The zero-order valence-electron chi connectivity index (χ0n) is 7.08. The number of rotatable bonds is 3. The van der Waals surface area contributed by atoms with E-state index in [9.17, 15) is 5.11 Å². The normalized spacial score (nSPS) is 10.1. The van der Waals surface area contributed by atoms with Crippen molar-refractivity contribution in [1.82, 2.24) is 0 Å². The van der Waals surface area contributed by atoms with Crippen molar-refractivity contribution >= 4 is 17.4 Å². The Labute approximate surface area is 76.8 Å². The van der Waals surface area contributed by atoms with Gasteiger partial charge >= 0.3 is 0 Å². The van der Waals surface area contributed by atoms with Gasteiger partial charge in [-0.1, -0.05) is 6.92 Å². The third kappa shape index (κ3) is 2.34. The van der Waals surface area contributed by atoms with Crippen LogP contribution in [0.3, 0.4) is 0 Å². The van der Waals surface area contributed by atoms with Crippen molar-refractivity contribution in [2.45, 2.75) is 18.2 Å². The minimum Gasteiger partial charge on any atom is -0.506 e. The summed E-state index contributed by atoms with van der Waals surface area (Å²) in [6, 6.07) is 5.36. The molecule has 1 aromatic rings. The fraction of sp³-hybridized carbons (Fsp3) is 0.333. The SMILES string of the molecule is CCCSc1ccc(N)c(O)c1. The van der Waals surface area contributed by atoms with Crippen molar-refractivity contribution in [3.8, 4) is 5.75 Å². The molecule has 0 unspecified atom stereocenters. The first-order valence-corrected chi connectivity index (χ1v) is 4.94. The van der Waals surface area contributed by atoms with Gasteiger partial charge < -0.3 is 10.8 Å². The molecule has 0 aliphatic carbocycles. The summed E-state index contributed by atoms with van der Waals surface area (Å²) < 4.78 is 0. The molecule has 2 nitrogen and oxygen atoms in total. The number of nitrogen functional groups attached to an aromatic ring is 1. The van der Waals surface area contributed by atoms with Crippen LogP contribution in [0.4, 0.5) is 5.69 Å². The molecule has 12 heavy (non-hydrogen) atoms. The molecular formula is C9H13NOS. The highest BCUT2D eigenvalue weighted by atomic mass is 32.2. The van der Waals surface area contributed by atoms with Crippen LogP contribution in [0.1, 0.15) is 13.3 Å². The van der Waals surface area contributed by atoms with E-state index < -0.39 is 0 Å². The molecule has 0 saturated heterocycles. The molecule has 0 aromatic heterocycles. The molecule has 0 atom stereocenters. The highest BCUT2D eigenvalue weighted by Gasteiger charge is 1.98. The van der Waals surface area contributed by atoms with Crippen LogP contribution < -0.4 is 5.73 Å². The Morgan fingerprint density at radius 1 is 1.50 bits per heavy atom. The fourth-order valence-electron chi connectivity index (χ4n) is 0.833. The van der Waals surface area contributed by atoms with Crippen LogP contribution in [0.2, 0.25) is 0 Å². The van der Waals surface area contributed by atoms with Crippen LogP contribution in [0.5, 0.6) is 5.75 Å². The van der Waals surface area contributed by atoms with Crippen LogP contribution in [0.25, 0.3) is 0 Å². The molecule has 0 aliphatic heterocycles. The lowest BCUT2D eigenvalue weighted by molar-refractivity contribution is 0.476. The number of anilines is 1. The Morgan fingerprint density at radius 2 is 2.25 bits per heavy atom. The van der Waals surface area contributed by atoms with E-state index in [1.165, 1.54) is 0 Å². The standard InChI is InChI=1S/C9H13NOS/c1-2-5-12-7-3-4-8(10)9(11)6-7/h3-4,6,11H,2,5,10H2,1H3. The van der Waals surface area contributed by atoms with E-state index in [4.69, 9.17) is 5.73 Å². The van der Waals surface area contributed by atoms with E-state index in [-0.39, 0.29) is 5.75 Å². The van der Waals surface area contributed by atoms with Gasteiger partial charge in [-0.15, -0.1) is 11.8 Å². The third-order valence-corrected chi connectivity index (χ3v) is 2.67. The fourth-order valence-corrected chi connectivity index (χ4v) is 1.63. The average molecular weight is 183 g/mol. The lowest BCUT2D eigenvalue weighted by atomic mass is 10.3. The summed E-state index contributed by atoms with van der Waals surface area (Å²) in [6.45, 7) is 2.13. The maximum absolute atomic E-state index is 9.26. The Kier molecular flexibility index (Phi) is 3.29. The number of phenolic OH excluding ortho intramolecular Hbond substituents is 1. The van der Waals surface area contributed by atoms with Crippen LogP contribution in [-0.2, 0) is 0 Å². The van der Waals surface area contributed by atoms with Crippen molar-refractivity contribution < 1.29 is 5.11 Å². The smallest absolute Gasteiger partial charge is 0.139 e. The van der Waals surface area contributed by atoms with E-state index in [0.717, 1.165) is 17.1 Å². The number of hydrogen-bond donors (Lipinski definition) is 2. The number of nitrogens with two attached hydrogens (primary N) is 1. The molecule has 0 spiro atoms. The molecule has 3 N–H and O–H groups in total. The summed E-state index contributed by atoms with van der Waals surface area (Å²) in [7, 11) is 0. The topological polar surface area (TPSA) is 46.2 Å². The predicted molar refractivity (Wildman–Crippen MR) is 53.5 cm³/mol. The van der Waals surface area contributed by atoms with Crippen molar-refractivity contribution in [3.05, 3.63) is 18.2 Å². The van der Waals surface area contributed by atoms with Gasteiger partial charge in [0.25, 0.3) is 0 Å². The third-order valence-electron chi connectivity index (χ3n) is 1.47. The minimum absolute atomic E-state index is 0.177. The van der Waals surface area contributed by atoms with Crippen molar-refractivity contribution in [2.24, 2.45) is 0 Å². The lowest BCUT2D eigenvalue weighted by Crippen LogP contribution is -1.85. The maximum atomic E-state index is 9.26. The molecule has 0 radical (unpaired) electrons. The van der Waals surface area contributed by atoms with Crippen molar-refractivity contribution in [2.75, 3.05) is 11.5 Å². The second kappa shape index (κ2) is 4.26. The quantitative estimate of drug-likeness (QED) is 0.430.